The van der Waals surface area contributed by atoms with Crippen LogP contribution in [0.25, 0.3) is 0 Å². The van der Waals surface area contributed by atoms with Crippen LogP contribution in [0.2, 0.25) is 0 Å². The van der Waals surface area contributed by atoms with E-state index in [9.17, 15) is 0 Å². The van der Waals surface area contributed by atoms with Gasteiger partial charge in [-0.25, -0.2) is 0 Å². The number of hydrogen-bond donors (Lipinski definition) is 3. The third-order valence-electron chi connectivity index (χ3n) is 3.73. The Kier molecular flexibility index (Phi) is 7.82. The van der Waals surface area contributed by atoms with E-state index in [4.69, 9.17) is 5.11 Å². The van der Waals surface area contributed by atoms with E-state index in [1.54, 1.807) is 0 Å². The van der Waals surface area contributed by atoms with Crippen molar-refractivity contribution in [2.45, 2.75) is 64.5 Å². The molecule has 0 saturated carbocycles. The molecule has 17 heavy (non-hydrogen) atoms. The number of rotatable bonds is 8. The summed E-state index contributed by atoms with van der Waals surface area (Å²) in [6.07, 6.45) is 7.61. The maximum Gasteiger partial charge on any atom is 0.0456 e. The fraction of sp³-hybridized carbons (Fsp3) is 1.00. The molecule has 1 aliphatic heterocycles. The highest BCUT2D eigenvalue weighted by atomic mass is 16.3. The molecule has 3 nitrogen and oxygen atoms in total. The largest absolute Gasteiger partial charge is 0.396 e. The lowest BCUT2D eigenvalue weighted by atomic mass is 9.98. The molecule has 0 bridgehead atoms. The van der Waals surface area contributed by atoms with Gasteiger partial charge in [-0.2, -0.15) is 0 Å². The molecule has 0 amide bonds. The smallest absolute Gasteiger partial charge is 0.0456 e. The van der Waals surface area contributed by atoms with Gasteiger partial charge in [0.25, 0.3) is 0 Å². The summed E-state index contributed by atoms with van der Waals surface area (Å²) in [7, 11) is 0. The van der Waals surface area contributed by atoms with Crippen LogP contribution in [0.1, 0.15) is 52.4 Å². The van der Waals surface area contributed by atoms with E-state index < -0.39 is 0 Å². The molecular formula is C14H30N2O. The first-order valence-corrected chi connectivity index (χ1v) is 7.30. The Bertz CT molecular complexity index is 181. The van der Waals surface area contributed by atoms with Crippen LogP contribution in [-0.4, -0.2) is 36.9 Å². The Morgan fingerprint density at radius 3 is 2.82 bits per heavy atom. The zero-order valence-corrected chi connectivity index (χ0v) is 11.5. The zero-order chi connectivity index (χ0) is 12.5. The van der Waals surface area contributed by atoms with Crippen LogP contribution in [0.15, 0.2) is 0 Å². The number of aliphatic hydroxyl groups is 1. The Labute approximate surface area is 106 Å². The molecule has 3 N–H and O–H groups in total. The summed E-state index contributed by atoms with van der Waals surface area (Å²) in [5.74, 6) is 0.451. The summed E-state index contributed by atoms with van der Waals surface area (Å²) in [6.45, 7) is 6.99. The Balaban J connectivity index is 1.98. The average Bonchev–Trinajstić information content (AvgIpc) is 2.35. The third-order valence-corrected chi connectivity index (χ3v) is 3.73. The number of piperidine rings is 1. The summed E-state index contributed by atoms with van der Waals surface area (Å²) < 4.78 is 0. The second-order valence-corrected chi connectivity index (χ2v) is 5.67. The molecule has 102 valence electrons. The van der Waals surface area contributed by atoms with Gasteiger partial charge in [-0.05, 0) is 58.0 Å². The molecule has 3 unspecified atom stereocenters. The predicted octanol–water partition coefficient (Wildman–Crippen LogP) is 1.91. The first kappa shape index (κ1) is 14.9. The Morgan fingerprint density at radius 2 is 2.18 bits per heavy atom. The standard InChI is InChI=1S/C14H30N2O/c1-12(11-17)6-5-9-15-13(2)10-14-7-3-4-8-16-14/h12-17H,3-11H2,1-2H3. The van der Waals surface area contributed by atoms with E-state index in [0.29, 0.717) is 18.6 Å². The van der Waals surface area contributed by atoms with Gasteiger partial charge in [0.05, 0.1) is 0 Å². The molecule has 0 aromatic carbocycles. The molecule has 1 aliphatic rings. The van der Waals surface area contributed by atoms with Crippen LogP contribution >= 0.6 is 0 Å². The first-order valence-electron chi connectivity index (χ1n) is 7.30. The molecule has 3 atom stereocenters. The third kappa shape index (κ3) is 7.02. The summed E-state index contributed by atoms with van der Waals surface area (Å²) in [4.78, 5) is 0. The molecule has 0 aromatic rings. The van der Waals surface area contributed by atoms with Gasteiger partial charge in [0, 0.05) is 18.7 Å². The van der Waals surface area contributed by atoms with Gasteiger partial charge in [0.1, 0.15) is 0 Å². The van der Waals surface area contributed by atoms with Gasteiger partial charge < -0.3 is 15.7 Å². The SMILES string of the molecule is CC(CO)CCCNC(C)CC1CCCCN1. The summed E-state index contributed by atoms with van der Waals surface area (Å²) in [5, 5.41) is 16.1. The molecule has 0 spiro atoms. The van der Waals surface area contributed by atoms with E-state index in [1.165, 1.54) is 38.6 Å². The molecule has 0 aromatic heterocycles. The summed E-state index contributed by atoms with van der Waals surface area (Å²) in [5.41, 5.74) is 0. The van der Waals surface area contributed by atoms with Gasteiger partial charge in [-0.15, -0.1) is 0 Å². The maximum atomic E-state index is 8.93. The van der Waals surface area contributed by atoms with Crippen molar-refractivity contribution in [1.29, 1.82) is 0 Å². The highest BCUT2D eigenvalue weighted by Gasteiger charge is 2.15. The van der Waals surface area contributed by atoms with Crippen molar-refractivity contribution in [2.24, 2.45) is 5.92 Å². The Morgan fingerprint density at radius 1 is 1.35 bits per heavy atom. The first-order chi connectivity index (χ1) is 8.22. The second-order valence-electron chi connectivity index (χ2n) is 5.67. The van der Waals surface area contributed by atoms with Crippen molar-refractivity contribution >= 4 is 0 Å². The van der Waals surface area contributed by atoms with E-state index >= 15 is 0 Å². The van der Waals surface area contributed by atoms with E-state index in [1.807, 2.05) is 0 Å². The molecule has 0 radical (unpaired) electrons. The Hall–Kier alpha value is -0.120. The minimum atomic E-state index is 0.321. The maximum absolute atomic E-state index is 8.93. The van der Waals surface area contributed by atoms with Crippen LogP contribution in [0, 0.1) is 5.92 Å². The highest BCUT2D eigenvalue weighted by molar-refractivity contribution is 4.76. The van der Waals surface area contributed by atoms with Gasteiger partial charge >= 0.3 is 0 Å². The van der Waals surface area contributed by atoms with Crippen LogP contribution < -0.4 is 10.6 Å². The number of aliphatic hydroxyl groups excluding tert-OH is 1. The van der Waals surface area contributed by atoms with Gasteiger partial charge in [0.15, 0.2) is 0 Å². The van der Waals surface area contributed by atoms with Crippen molar-refractivity contribution in [3.05, 3.63) is 0 Å². The fourth-order valence-electron chi connectivity index (χ4n) is 2.53. The number of hydrogen-bond acceptors (Lipinski definition) is 3. The fourth-order valence-corrected chi connectivity index (χ4v) is 2.53. The lowest BCUT2D eigenvalue weighted by Gasteiger charge is -2.26. The predicted molar refractivity (Wildman–Crippen MR) is 73.2 cm³/mol. The van der Waals surface area contributed by atoms with E-state index in [-0.39, 0.29) is 0 Å². The second kappa shape index (κ2) is 8.90. The minimum Gasteiger partial charge on any atom is -0.396 e. The van der Waals surface area contributed by atoms with Crippen LogP contribution in [0.3, 0.4) is 0 Å². The summed E-state index contributed by atoms with van der Waals surface area (Å²) >= 11 is 0. The van der Waals surface area contributed by atoms with Crippen molar-refractivity contribution in [3.8, 4) is 0 Å². The lowest BCUT2D eigenvalue weighted by molar-refractivity contribution is 0.227. The molecule has 1 rings (SSSR count). The molecule has 1 saturated heterocycles. The lowest BCUT2D eigenvalue weighted by Crippen LogP contribution is -2.40. The average molecular weight is 242 g/mol. The van der Waals surface area contributed by atoms with Gasteiger partial charge in [-0.1, -0.05) is 13.3 Å². The van der Waals surface area contributed by atoms with E-state index in [2.05, 4.69) is 24.5 Å². The quantitative estimate of drug-likeness (QED) is 0.570. The minimum absolute atomic E-state index is 0.321. The van der Waals surface area contributed by atoms with Crippen LogP contribution in [0.4, 0.5) is 0 Å². The van der Waals surface area contributed by atoms with Gasteiger partial charge in [0.2, 0.25) is 0 Å². The zero-order valence-electron chi connectivity index (χ0n) is 11.5. The van der Waals surface area contributed by atoms with Crippen molar-refractivity contribution in [1.82, 2.24) is 10.6 Å². The molecular weight excluding hydrogens is 212 g/mol. The van der Waals surface area contributed by atoms with Gasteiger partial charge in [-0.3, -0.25) is 0 Å². The highest BCUT2D eigenvalue weighted by Crippen LogP contribution is 2.12. The normalized spacial score (nSPS) is 24.5. The van der Waals surface area contributed by atoms with Crippen LogP contribution in [-0.2, 0) is 0 Å². The molecule has 3 heteroatoms. The van der Waals surface area contributed by atoms with Crippen molar-refractivity contribution in [3.63, 3.8) is 0 Å². The van der Waals surface area contributed by atoms with Crippen molar-refractivity contribution < 1.29 is 5.11 Å². The van der Waals surface area contributed by atoms with E-state index in [0.717, 1.165) is 19.0 Å². The van der Waals surface area contributed by atoms with Crippen molar-refractivity contribution in [2.75, 3.05) is 19.7 Å². The van der Waals surface area contributed by atoms with Crippen LogP contribution in [0.5, 0.6) is 0 Å². The number of nitrogens with one attached hydrogen (secondary N) is 2. The summed E-state index contributed by atoms with van der Waals surface area (Å²) in [6, 6.07) is 1.33. The monoisotopic (exact) mass is 242 g/mol. The molecule has 1 fully saturated rings. The molecule has 0 aliphatic carbocycles. The molecule has 1 heterocycles. The topological polar surface area (TPSA) is 44.3 Å².